The summed E-state index contributed by atoms with van der Waals surface area (Å²) in [7, 11) is 0. The van der Waals surface area contributed by atoms with Gasteiger partial charge < -0.3 is 10.2 Å². The summed E-state index contributed by atoms with van der Waals surface area (Å²) < 4.78 is 0. The van der Waals surface area contributed by atoms with Crippen molar-refractivity contribution in [2.45, 2.75) is 18.9 Å². The quantitative estimate of drug-likeness (QED) is 0.947. The summed E-state index contributed by atoms with van der Waals surface area (Å²) in [4.78, 5) is 20.9. The van der Waals surface area contributed by atoms with E-state index in [-0.39, 0.29) is 5.91 Å². The zero-order valence-electron chi connectivity index (χ0n) is 12.4. The first-order chi connectivity index (χ1) is 10.8. The van der Waals surface area contributed by atoms with Gasteiger partial charge in [-0.05, 0) is 61.7 Å². The SMILES string of the molecule is O=C(N[C@@H]1CN2CCC1CC2)c1ccc(-c2ccncc2)s1. The van der Waals surface area contributed by atoms with E-state index in [9.17, 15) is 4.79 Å². The number of hydrogen-bond donors (Lipinski definition) is 1. The van der Waals surface area contributed by atoms with Crippen molar-refractivity contribution in [2.24, 2.45) is 5.92 Å². The summed E-state index contributed by atoms with van der Waals surface area (Å²) in [5.74, 6) is 0.734. The lowest BCUT2D eigenvalue weighted by Gasteiger charge is -2.44. The van der Waals surface area contributed by atoms with Crippen LogP contribution >= 0.6 is 11.3 Å². The second kappa shape index (κ2) is 5.82. The van der Waals surface area contributed by atoms with Gasteiger partial charge in [-0.2, -0.15) is 0 Å². The molecule has 3 fully saturated rings. The van der Waals surface area contributed by atoms with Crippen LogP contribution in [0.5, 0.6) is 0 Å². The number of carbonyl (C=O) groups excluding carboxylic acids is 1. The lowest BCUT2D eigenvalue weighted by Crippen LogP contribution is -2.57. The summed E-state index contributed by atoms with van der Waals surface area (Å²) in [6.45, 7) is 3.41. The van der Waals surface area contributed by atoms with Crippen LogP contribution in [0, 0.1) is 5.92 Å². The maximum Gasteiger partial charge on any atom is 0.261 e. The Balaban J connectivity index is 1.46. The summed E-state index contributed by atoms with van der Waals surface area (Å²) >= 11 is 1.55. The van der Waals surface area contributed by atoms with Crippen molar-refractivity contribution in [3.05, 3.63) is 41.5 Å². The Kier molecular flexibility index (Phi) is 3.68. The van der Waals surface area contributed by atoms with E-state index in [1.165, 1.54) is 25.9 Å². The smallest absolute Gasteiger partial charge is 0.261 e. The van der Waals surface area contributed by atoms with Gasteiger partial charge >= 0.3 is 0 Å². The number of nitrogens with one attached hydrogen (secondary N) is 1. The molecule has 0 unspecified atom stereocenters. The molecule has 5 heterocycles. The largest absolute Gasteiger partial charge is 0.347 e. The van der Waals surface area contributed by atoms with Gasteiger partial charge in [0.25, 0.3) is 5.91 Å². The van der Waals surface area contributed by atoms with Crippen LogP contribution in [0.2, 0.25) is 0 Å². The van der Waals surface area contributed by atoms with Crippen molar-refractivity contribution >= 4 is 17.2 Å². The minimum atomic E-state index is 0.0732. The Morgan fingerprint density at radius 2 is 1.95 bits per heavy atom. The van der Waals surface area contributed by atoms with Gasteiger partial charge in [-0.3, -0.25) is 9.78 Å². The van der Waals surface area contributed by atoms with E-state index in [2.05, 4.69) is 15.2 Å². The highest BCUT2D eigenvalue weighted by Gasteiger charge is 2.35. The highest BCUT2D eigenvalue weighted by molar-refractivity contribution is 7.17. The molecule has 4 nitrogen and oxygen atoms in total. The van der Waals surface area contributed by atoms with Gasteiger partial charge in [0.15, 0.2) is 0 Å². The molecule has 0 aliphatic carbocycles. The van der Waals surface area contributed by atoms with Gasteiger partial charge in [-0.25, -0.2) is 0 Å². The molecule has 2 aromatic heterocycles. The molecule has 1 amide bonds. The Morgan fingerprint density at radius 1 is 1.18 bits per heavy atom. The van der Waals surface area contributed by atoms with E-state index in [4.69, 9.17) is 0 Å². The van der Waals surface area contributed by atoms with Crippen LogP contribution in [0.25, 0.3) is 10.4 Å². The predicted molar refractivity (Wildman–Crippen MR) is 88.0 cm³/mol. The van der Waals surface area contributed by atoms with Gasteiger partial charge in [-0.1, -0.05) is 0 Å². The third kappa shape index (κ3) is 2.66. The molecule has 5 heteroatoms. The van der Waals surface area contributed by atoms with Crippen LogP contribution in [-0.2, 0) is 0 Å². The van der Waals surface area contributed by atoms with Gasteiger partial charge in [0.05, 0.1) is 4.88 Å². The zero-order valence-corrected chi connectivity index (χ0v) is 13.2. The summed E-state index contributed by atoms with van der Waals surface area (Å²) in [5, 5.41) is 3.25. The van der Waals surface area contributed by atoms with Crippen LogP contribution in [0.1, 0.15) is 22.5 Å². The number of rotatable bonds is 3. The first-order valence-electron chi connectivity index (χ1n) is 7.83. The van der Waals surface area contributed by atoms with E-state index >= 15 is 0 Å². The monoisotopic (exact) mass is 313 g/mol. The van der Waals surface area contributed by atoms with Crippen LogP contribution in [0.3, 0.4) is 0 Å². The molecule has 2 bridgehead atoms. The average Bonchev–Trinajstić information content (AvgIpc) is 3.07. The standard InChI is InChI=1S/C17H19N3OS/c21-17(19-14-11-20-9-5-12(14)6-10-20)16-2-1-15(22-16)13-3-7-18-8-4-13/h1-4,7-8,12,14H,5-6,9-11H2,(H,19,21)/t14-/m1/s1. The zero-order chi connectivity index (χ0) is 14.9. The van der Waals surface area contributed by atoms with Crippen molar-refractivity contribution in [1.82, 2.24) is 15.2 Å². The second-order valence-corrected chi connectivity index (χ2v) is 7.20. The highest BCUT2D eigenvalue weighted by Crippen LogP contribution is 2.30. The van der Waals surface area contributed by atoms with Crippen LogP contribution in [0.15, 0.2) is 36.7 Å². The highest BCUT2D eigenvalue weighted by atomic mass is 32.1. The average molecular weight is 313 g/mol. The van der Waals surface area contributed by atoms with Crippen LogP contribution < -0.4 is 5.32 Å². The molecule has 3 saturated heterocycles. The topological polar surface area (TPSA) is 45.2 Å². The lowest BCUT2D eigenvalue weighted by molar-refractivity contribution is 0.0622. The Hall–Kier alpha value is -1.72. The number of carbonyl (C=O) groups is 1. The van der Waals surface area contributed by atoms with E-state index in [0.717, 1.165) is 21.9 Å². The fourth-order valence-electron chi connectivity index (χ4n) is 3.50. The molecule has 0 radical (unpaired) electrons. The van der Waals surface area contributed by atoms with Crippen molar-refractivity contribution in [3.8, 4) is 10.4 Å². The number of nitrogens with zero attached hydrogens (tertiary/aromatic N) is 2. The molecular formula is C17H19N3OS. The number of fused-ring (bicyclic) bond motifs is 3. The van der Waals surface area contributed by atoms with E-state index in [0.29, 0.717) is 12.0 Å². The minimum Gasteiger partial charge on any atom is -0.347 e. The van der Waals surface area contributed by atoms with Crippen molar-refractivity contribution in [3.63, 3.8) is 0 Å². The normalized spacial score (nSPS) is 26.8. The molecule has 22 heavy (non-hydrogen) atoms. The molecule has 1 atom stereocenters. The maximum absolute atomic E-state index is 12.5. The van der Waals surface area contributed by atoms with E-state index in [1.807, 2.05) is 24.3 Å². The number of piperidine rings is 3. The number of thiophene rings is 1. The Bertz CT molecular complexity index is 662. The third-order valence-corrected chi connectivity index (χ3v) is 5.90. The number of hydrogen-bond acceptors (Lipinski definition) is 4. The molecule has 3 aliphatic rings. The summed E-state index contributed by atoms with van der Waals surface area (Å²) in [6, 6.07) is 8.21. The first kappa shape index (κ1) is 13.9. The summed E-state index contributed by atoms with van der Waals surface area (Å²) in [6.07, 6.45) is 6.00. The fraction of sp³-hybridized carbons (Fsp3) is 0.412. The molecule has 2 aromatic rings. The maximum atomic E-state index is 12.5. The Labute approximate surface area is 134 Å². The molecule has 0 spiro atoms. The fourth-order valence-corrected chi connectivity index (χ4v) is 4.41. The van der Waals surface area contributed by atoms with Gasteiger partial charge in [-0.15, -0.1) is 11.3 Å². The third-order valence-electron chi connectivity index (χ3n) is 4.77. The van der Waals surface area contributed by atoms with Crippen LogP contribution in [0.4, 0.5) is 0 Å². The molecule has 0 aromatic carbocycles. The molecular weight excluding hydrogens is 294 g/mol. The predicted octanol–water partition coefficient (Wildman–Crippen LogP) is 2.63. The van der Waals surface area contributed by atoms with Gasteiger partial charge in [0.2, 0.25) is 0 Å². The molecule has 0 saturated carbocycles. The molecule has 5 rings (SSSR count). The second-order valence-electron chi connectivity index (χ2n) is 6.12. The molecule has 114 valence electrons. The van der Waals surface area contributed by atoms with Crippen LogP contribution in [-0.4, -0.2) is 41.5 Å². The van der Waals surface area contributed by atoms with Gasteiger partial charge in [0, 0.05) is 29.9 Å². The summed E-state index contributed by atoms with van der Waals surface area (Å²) in [5.41, 5.74) is 1.11. The minimum absolute atomic E-state index is 0.0732. The number of amides is 1. The van der Waals surface area contributed by atoms with Crippen molar-refractivity contribution in [2.75, 3.05) is 19.6 Å². The number of aromatic nitrogens is 1. The van der Waals surface area contributed by atoms with Gasteiger partial charge in [0.1, 0.15) is 0 Å². The first-order valence-corrected chi connectivity index (χ1v) is 8.65. The molecule has 3 aliphatic heterocycles. The Morgan fingerprint density at radius 3 is 2.64 bits per heavy atom. The van der Waals surface area contributed by atoms with Crippen molar-refractivity contribution < 1.29 is 4.79 Å². The van der Waals surface area contributed by atoms with E-state index in [1.54, 1.807) is 23.7 Å². The van der Waals surface area contributed by atoms with Crippen molar-refractivity contribution in [1.29, 1.82) is 0 Å². The number of pyridine rings is 1. The lowest BCUT2D eigenvalue weighted by atomic mass is 9.84. The molecule has 1 N–H and O–H groups in total. The van der Waals surface area contributed by atoms with E-state index < -0.39 is 0 Å².